The second-order valence-electron chi connectivity index (χ2n) is 7.72. The maximum absolute atomic E-state index is 12.4. The highest BCUT2D eigenvalue weighted by molar-refractivity contribution is 7.98. The topological polar surface area (TPSA) is 84.2 Å². The number of nitrogens with one attached hydrogen (secondary N) is 2. The van der Waals surface area contributed by atoms with E-state index in [4.69, 9.17) is 4.42 Å². The third-order valence-electron chi connectivity index (χ3n) is 5.28. The van der Waals surface area contributed by atoms with Crippen LogP contribution in [0.2, 0.25) is 0 Å². The van der Waals surface area contributed by atoms with Crippen LogP contribution in [0.3, 0.4) is 0 Å². The maximum Gasteiger partial charge on any atom is 0.251 e. The first kappa shape index (κ1) is 23.3. The summed E-state index contributed by atoms with van der Waals surface area (Å²) in [4.78, 5) is 30.4. The first-order valence-electron chi connectivity index (χ1n) is 10.8. The van der Waals surface area contributed by atoms with Gasteiger partial charge in [0.25, 0.3) is 5.91 Å². The van der Waals surface area contributed by atoms with Crippen molar-refractivity contribution in [1.82, 2.24) is 10.3 Å². The highest BCUT2D eigenvalue weighted by Gasteiger charge is 2.14. The fourth-order valence-electron chi connectivity index (χ4n) is 3.41. The molecule has 2 amide bonds. The van der Waals surface area contributed by atoms with Gasteiger partial charge in [-0.3, -0.25) is 9.59 Å². The van der Waals surface area contributed by atoms with E-state index in [9.17, 15) is 9.59 Å². The van der Waals surface area contributed by atoms with Crippen molar-refractivity contribution in [2.24, 2.45) is 0 Å². The zero-order valence-corrected chi connectivity index (χ0v) is 19.8. The van der Waals surface area contributed by atoms with Gasteiger partial charge in [0.1, 0.15) is 11.5 Å². The Morgan fingerprint density at radius 1 is 0.941 bits per heavy atom. The van der Waals surface area contributed by atoms with Crippen molar-refractivity contribution in [2.45, 2.75) is 24.8 Å². The highest BCUT2D eigenvalue weighted by Crippen LogP contribution is 2.24. The largest absolute Gasteiger partial charge is 0.441 e. The fraction of sp³-hybridized carbons (Fsp3) is 0.148. The van der Waals surface area contributed by atoms with Gasteiger partial charge in [-0.2, -0.15) is 0 Å². The number of anilines is 1. The van der Waals surface area contributed by atoms with E-state index >= 15 is 0 Å². The van der Waals surface area contributed by atoms with E-state index < -0.39 is 0 Å². The first-order chi connectivity index (χ1) is 16.5. The summed E-state index contributed by atoms with van der Waals surface area (Å²) in [7, 11) is 0. The van der Waals surface area contributed by atoms with Gasteiger partial charge in [-0.25, -0.2) is 4.98 Å². The Hall–Kier alpha value is -3.84. The SMILES string of the molecule is CSc1ccc(C(=O)NCc2nc(-c3ccc(NC(=O)Cc4ccccc4)cc3)oc2C)cc1. The summed E-state index contributed by atoms with van der Waals surface area (Å²) < 4.78 is 5.82. The molecule has 0 fully saturated rings. The van der Waals surface area contributed by atoms with Gasteiger partial charge in [-0.15, -0.1) is 11.8 Å². The molecule has 0 unspecified atom stereocenters. The van der Waals surface area contributed by atoms with E-state index in [1.807, 2.05) is 92.0 Å². The van der Waals surface area contributed by atoms with Crippen molar-refractivity contribution in [3.8, 4) is 11.5 Å². The monoisotopic (exact) mass is 471 g/mol. The number of thioether (sulfide) groups is 1. The van der Waals surface area contributed by atoms with Crippen LogP contribution in [0.1, 0.15) is 27.4 Å². The third-order valence-corrected chi connectivity index (χ3v) is 6.03. The van der Waals surface area contributed by atoms with Crippen LogP contribution in [0.15, 0.2) is 88.2 Å². The Labute approximate surface area is 202 Å². The molecule has 0 spiro atoms. The van der Waals surface area contributed by atoms with Gasteiger partial charge < -0.3 is 15.1 Å². The van der Waals surface area contributed by atoms with Crippen molar-refractivity contribution in [3.05, 3.63) is 101 Å². The number of amides is 2. The molecule has 0 aliphatic heterocycles. The summed E-state index contributed by atoms with van der Waals surface area (Å²) >= 11 is 1.63. The van der Waals surface area contributed by atoms with E-state index in [0.717, 1.165) is 16.0 Å². The van der Waals surface area contributed by atoms with E-state index in [1.54, 1.807) is 11.8 Å². The molecule has 0 saturated heterocycles. The molecule has 6 nitrogen and oxygen atoms in total. The fourth-order valence-corrected chi connectivity index (χ4v) is 3.81. The summed E-state index contributed by atoms with van der Waals surface area (Å²) in [5, 5.41) is 5.80. The first-order valence-corrected chi connectivity index (χ1v) is 12.1. The summed E-state index contributed by atoms with van der Waals surface area (Å²) in [5.41, 5.74) is 3.72. The van der Waals surface area contributed by atoms with E-state index in [0.29, 0.717) is 35.0 Å². The van der Waals surface area contributed by atoms with Gasteiger partial charge in [-0.05, 0) is 67.3 Å². The standard InChI is InChI=1S/C27H25N3O3S/c1-18-24(17-28-26(32)20-10-14-23(34-2)15-11-20)30-27(33-18)21-8-12-22(13-9-21)29-25(31)16-19-6-4-3-5-7-19/h3-15H,16-17H2,1-2H3,(H,28,32)(H,29,31). The van der Waals surface area contributed by atoms with Crippen molar-refractivity contribution >= 4 is 29.3 Å². The van der Waals surface area contributed by atoms with Crippen LogP contribution < -0.4 is 10.6 Å². The Kier molecular flexibility index (Phi) is 7.44. The number of rotatable bonds is 8. The second kappa shape index (κ2) is 10.9. The minimum Gasteiger partial charge on any atom is -0.441 e. The number of hydrogen-bond acceptors (Lipinski definition) is 5. The zero-order chi connectivity index (χ0) is 23.9. The summed E-state index contributed by atoms with van der Waals surface area (Å²) in [6.45, 7) is 2.09. The predicted octanol–water partition coefficient (Wildman–Crippen LogP) is 5.48. The quantitative estimate of drug-likeness (QED) is 0.332. The molecule has 1 aromatic heterocycles. The van der Waals surface area contributed by atoms with Crippen LogP contribution in [0, 0.1) is 6.92 Å². The zero-order valence-electron chi connectivity index (χ0n) is 19.0. The van der Waals surface area contributed by atoms with Gasteiger partial charge in [-0.1, -0.05) is 30.3 Å². The third kappa shape index (κ3) is 5.94. The van der Waals surface area contributed by atoms with Gasteiger partial charge in [0, 0.05) is 21.7 Å². The lowest BCUT2D eigenvalue weighted by atomic mass is 10.1. The lowest BCUT2D eigenvalue weighted by molar-refractivity contribution is -0.115. The molecule has 0 aliphatic carbocycles. The molecule has 0 aliphatic rings. The van der Waals surface area contributed by atoms with E-state index in [1.165, 1.54) is 0 Å². The number of aromatic nitrogens is 1. The van der Waals surface area contributed by atoms with Crippen LogP contribution in [-0.4, -0.2) is 23.1 Å². The van der Waals surface area contributed by atoms with Crippen molar-refractivity contribution < 1.29 is 14.0 Å². The normalized spacial score (nSPS) is 10.6. The molecule has 1 heterocycles. The van der Waals surface area contributed by atoms with Crippen LogP contribution >= 0.6 is 11.8 Å². The van der Waals surface area contributed by atoms with Gasteiger partial charge >= 0.3 is 0 Å². The molecule has 2 N–H and O–H groups in total. The molecule has 34 heavy (non-hydrogen) atoms. The molecular formula is C27H25N3O3S. The summed E-state index contributed by atoms with van der Waals surface area (Å²) in [6, 6.07) is 24.4. The Morgan fingerprint density at radius 2 is 1.65 bits per heavy atom. The van der Waals surface area contributed by atoms with Crippen LogP contribution in [-0.2, 0) is 17.8 Å². The number of oxazole rings is 1. The molecule has 4 aromatic rings. The molecule has 4 rings (SSSR count). The average molecular weight is 472 g/mol. The number of nitrogens with zero attached hydrogens (tertiary/aromatic N) is 1. The van der Waals surface area contributed by atoms with E-state index in [-0.39, 0.29) is 18.4 Å². The minimum atomic E-state index is -0.160. The predicted molar refractivity (Wildman–Crippen MR) is 135 cm³/mol. The second-order valence-corrected chi connectivity index (χ2v) is 8.60. The molecule has 0 radical (unpaired) electrons. The van der Waals surface area contributed by atoms with Gasteiger partial charge in [0.05, 0.1) is 13.0 Å². The van der Waals surface area contributed by atoms with Gasteiger partial charge in [0.15, 0.2) is 0 Å². The molecule has 0 bridgehead atoms. The lowest BCUT2D eigenvalue weighted by Gasteiger charge is -2.06. The number of aryl methyl sites for hydroxylation is 1. The minimum absolute atomic E-state index is 0.0768. The highest BCUT2D eigenvalue weighted by atomic mass is 32.2. The number of carbonyl (C=O) groups is 2. The van der Waals surface area contributed by atoms with Gasteiger partial charge in [0.2, 0.25) is 11.8 Å². The number of benzene rings is 3. The average Bonchev–Trinajstić information content (AvgIpc) is 3.24. The van der Waals surface area contributed by atoms with Crippen LogP contribution in [0.25, 0.3) is 11.5 Å². The molecule has 7 heteroatoms. The smallest absolute Gasteiger partial charge is 0.251 e. The summed E-state index contributed by atoms with van der Waals surface area (Å²) in [6.07, 6.45) is 2.31. The molecule has 3 aromatic carbocycles. The Bertz CT molecular complexity index is 1270. The maximum atomic E-state index is 12.4. The van der Waals surface area contributed by atoms with Crippen LogP contribution in [0.4, 0.5) is 5.69 Å². The molecular weight excluding hydrogens is 446 g/mol. The van der Waals surface area contributed by atoms with E-state index in [2.05, 4.69) is 15.6 Å². The molecule has 0 atom stereocenters. The summed E-state index contributed by atoms with van der Waals surface area (Å²) in [5.74, 6) is 0.876. The number of carbonyl (C=O) groups excluding carboxylic acids is 2. The van der Waals surface area contributed by atoms with Crippen LogP contribution in [0.5, 0.6) is 0 Å². The number of hydrogen-bond donors (Lipinski definition) is 2. The van der Waals surface area contributed by atoms with Crippen molar-refractivity contribution in [3.63, 3.8) is 0 Å². The molecule has 0 saturated carbocycles. The van der Waals surface area contributed by atoms with Crippen molar-refractivity contribution in [1.29, 1.82) is 0 Å². The Morgan fingerprint density at radius 3 is 2.32 bits per heavy atom. The van der Waals surface area contributed by atoms with Crippen molar-refractivity contribution in [2.75, 3.05) is 11.6 Å². The Balaban J connectivity index is 1.35. The molecule has 172 valence electrons. The lowest BCUT2D eigenvalue weighted by Crippen LogP contribution is -2.23.